The van der Waals surface area contributed by atoms with Crippen molar-refractivity contribution in [2.45, 2.75) is 19.8 Å². The minimum atomic E-state index is -0.150. The van der Waals surface area contributed by atoms with E-state index in [1.807, 2.05) is 6.92 Å². The van der Waals surface area contributed by atoms with E-state index < -0.39 is 0 Å². The second kappa shape index (κ2) is 5.86. The maximum absolute atomic E-state index is 11.6. The maximum Gasteiger partial charge on any atom is 0.310 e. The van der Waals surface area contributed by atoms with Gasteiger partial charge >= 0.3 is 5.97 Å². The summed E-state index contributed by atoms with van der Waals surface area (Å²) in [7, 11) is 3.02. The second-order valence-corrected chi connectivity index (χ2v) is 4.64. The van der Waals surface area contributed by atoms with Crippen molar-refractivity contribution in [1.29, 1.82) is 0 Å². The number of esters is 1. The molecule has 1 atom stereocenters. The largest absolute Gasteiger partial charge is 0.481 e. The Balaban J connectivity index is 2.20. The van der Waals surface area contributed by atoms with Gasteiger partial charge in [-0.1, -0.05) is 0 Å². The Hall–Kier alpha value is -1.85. The molecule has 104 valence electrons. The van der Waals surface area contributed by atoms with Crippen LogP contribution in [0.15, 0.2) is 6.33 Å². The molecule has 0 saturated carbocycles. The first-order valence-corrected chi connectivity index (χ1v) is 6.35. The fraction of sp³-hybridized carbons (Fsp3) is 0.615. The summed E-state index contributed by atoms with van der Waals surface area (Å²) in [4.78, 5) is 22.1. The van der Waals surface area contributed by atoms with Crippen LogP contribution in [0.1, 0.15) is 18.4 Å². The minimum absolute atomic E-state index is 0.0842. The molecule has 2 rings (SSSR count). The van der Waals surface area contributed by atoms with Crippen LogP contribution in [0.3, 0.4) is 0 Å². The third kappa shape index (κ3) is 2.77. The lowest BCUT2D eigenvalue weighted by molar-refractivity contribution is -0.145. The summed E-state index contributed by atoms with van der Waals surface area (Å²) < 4.78 is 10.0. The van der Waals surface area contributed by atoms with Crippen LogP contribution in [0.5, 0.6) is 5.88 Å². The van der Waals surface area contributed by atoms with E-state index in [0.29, 0.717) is 12.4 Å². The molecular formula is C13H19N3O3. The molecule has 0 aromatic carbocycles. The van der Waals surface area contributed by atoms with Crippen LogP contribution < -0.4 is 9.64 Å². The highest BCUT2D eigenvalue weighted by atomic mass is 16.5. The number of hydrogen-bond donors (Lipinski definition) is 0. The molecule has 6 nitrogen and oxygen atoms in total. The molecule has 1 unspecified atom stereocenters. The third-order valence-corrected chi connectivity index (χ3v) is 3.46. The molecule has 0 aliphatic carbocycles. The number of piperidine rings is 1. The molecule has 1 aliphatic rings. The monoisotopic (exact) mass is 265 g/mol. The summed E-state index contributed by atoms with van der Waals surface area (Å²) in [5.41, 5.74) is 0.899. The molecule has 1 aromatic heterocycles. The molecule has 1 saturated heterocycles. The summed E-state index contributed by atoms with van der Waals surface area (Å²) in [5, 5.41) is 0. The number of nitrogens with zero attached hydrogens (tertiary/aromatic N) is 3. The number of rotatable bonds is 3. The van der Waals surface area contributed by atoms with Crippen molar-refractivity contribution in [2.75, 3.05) is 32.2 Å². The van der Waals surface area contributed by atoms with Crippen LogP contribution in [0.25, 0.3) is 0 Å². The van der Waals surface area contributed by atoms with Crippen LogP contribution >= 0.6 is 0 Å². The SMILES string of the molecule is COC(=O)C1CCCN(c2ncnc(OC)c2C)C1. The zero-order chi connectivity index (χ0) is 13.8. The quantitative estimate of drug-likeness (QED) is 0.765. The molecule has 0 spiro atoms. The lowest BCUT2D eigenvalue weighted by atomic mass is 9.98. The van der Waals surface area contributed by atoms with Gasteiger partial charge in [0, 0.05) is 13.1 Å². The average molecular weight is 265 g/mol. The standard InChI is InChI=1S/C13H19N3O3/c1-9-11(14-8-15-12(9)18-2)16-6-4-5-10(7-16)13(17)19-3/h8,10H,4-7H2,1-3H3. The Morgan fingerprint density at radius 3 is 2.89 bits per heavy atom. The maximum atomic E-state index is 11.6. The highest BCUT2D eigenvalue weighted by molar-refractivity contribution is 5.73. The number of methoxy groups -OCH3 is 2. The number of carbonyl (C=O) groups excluding carboxylic acids is 1. The Kier molecular flexibility index (Phi) is 4.19. The highest BCUT2D eigenvalue weighted by Gasteiger charge is 2.28. The number of aromatic nitrogens is 2. The zero-order valence-corrected chi connectivity index (χ0v) is 11.5. The first kappa shape index (κ1) is 13.6. The number of carbonyl (C=O) groups is 1. The van der Waals surface area contributed by atoms with Gasteiger partial charge in [0.15, 0.2) is 0 Å². The van der Waals surface area contributed by atoms with Gasteiger partial charge in [0.25, 0.3) is 0 Å². The molecule has 1 fully saturated rings. The molecule has 0 radical (unpaired) electrons. The van der Waals surface area contributed by atoms with Crippen LogP contribution in [0.4, 0.5) is 5.82 Å². The van der Waals surface area contributed by atoms with Crippen molar-refractivity contribution in [3.63, 3.8) is 0 Å². The average Bonchev–Trinajstić information content (AvgIpc) is 2.46. The summed E-state index contributed by atoms with van der Waals surface area (Å²) in [6.07, 6.45) is 3.30. The van der Waals surface area contributed by atoms with Crippen LogP contribution in [-0.4, -0.2) is 43.2 Å². The van der Waals surface area contributed by atoms with Gasteiger partial charge in [-0.15, -0.1) is 0 Å². The number of anilines is 1. The van der Waals surface area contributed by atoms with Crippen molar-refractivity contribution in [1.82, 2.24) is 9.97 Å². The van der Waals surface area contributed by atoms with Gasteiger partial charge in [0.2, 0.25) is 5.88 Å². The highest BCUT2D eigenvalue weighted by Crippen LogP contribution is 2.28. The topological polar surface area (TPSA) is 64.5 Å². The lowest BCUT2D eigenvalue weighted by Crippen LogP contribution is -2.40. The first-order valence-electron chi connectivity index (χ1n) is 6.35. The van der Waals surface area contributed by atoms with Crippen molar-refractivity contribution >= 4 is 11.8 Å². The van der Waals surface area contributed by atoms with Gasteiger partial charge in [-0.2, -0.15) is 0 Å². The van der Waals surface area contributed by atoms with Crippen molar-refractivity contribution in [3.05, 3.63) is 11.9 Å². The molecule has 1 aromatic rings. The summed E-state index contributed by atoms with van der Waals surface area (Å²) in [6, 6.07) is 0. The van der Waals surface area contributed by atoms with E-state index in [1.165, 1.54) is 13.4 Å². The second-order valence-electron chi connectivity index (χ2n) is 4.64. The van der Waals surface area contributed by atoms with E-state index in [4.69, 9.17) is 9.47 Å². The predicted octanol–water partition coefficient (Wildman–Crippen LogP) is 1.18. The lowest BCUT2D eigenvalue weighted by Gasteiger charge is -2.33. The van der Waals surface area contributed by atoms with E-state index in [0.717, 1.165) is 30.8 Å². The molecule has 2 heterocycles. The van der Waals surface area contributed by atoms with Gasteiger partial charge < -0.3 is 14.4 Å². The number of ether oxygens (including phenoxy) is 2. The van der Waals surface area contributed by atoms with Gasteiger partial charge in [0.1, 0.15) is 12.1 Å². The fourth-order valence-corrected chi connectivity index (χ4v) is 2.48. The summed E-state index contributed by atoms with van der Waals surface area (Å²) >= 11 is 0. The predicted molar refractivity (Wildman–Crippen MR) is 70.3 cm³/mol. The molecule has 19 heavy (non-hydrogen) atoms. The number of hydrogen-bond acceptors (Lipinski definition) is 6. The normalized spacial score (nSPS) is 19.1. The fourth-order valence-electron chi connectivity index (χ4n) is 2.48. The molecule has 0 amide bonds. The molecular weight excluding hydrogens is 246 g/mol. The van der Waals surface area contributed by atoms with E-state index in [9.17, 15) is 4.79 Å². The van der Waals surface area contributed by atoms with Crippen molar-refractivity contribution in [3.8, 4) is 5.88 Å². The van der Waals surface area contributed by atoms with Gasteiger partial charge in [-0.05, 0) is 19.8 Å². The van der Waals surface area contributed by atoms with Crippen LogP contribution in [0, 0.1) is 12.8 Å². The molecule has 0 N–H and O–H groups in total. The van der Waals surface area contributed by atoms with Gasteiger partial charge in [-0.25, -0.2) is 9.97 Å². The Labute approximate surface area is 112 Å². The molecule has 0 bridgehead atoms. The van der Waals surface area contributed by atoms with E-state index in [-0.39, 0.29) is 11.9 Å². The van der Waals surface area contributed by atoms with E-state index in [2.05, 4.69) is 14.9 Å². The Morgan fingerprint density at radius 1 is 1.42 bits per heavy atom. The van der Waals surface area contributed by atoms with E-state index in [1.54, 1.807) is 7.11 Å². The van der Waals surface area contributed by atoms with E-state index >= 15 is 0 Å². The van der Waals surface area contributed by atoms with Gasteiger partial charge in [0.05, 0.1) is 25.7 Å². The minimum Gasteiger partial charge on any atom is -0.481 e. The Morgan fingerprint density at radius 2 is 2.21 bits per heavy atom. The zero-order valence-electron chi connectivity index (χ0n) is 11.5. The third-order valence-electron chi connectivity index (χ3n) is 3.46. The molecule has 6 heteroatoms. The van der Waals surface area contributed by atoms with Crippen LogP contribution in [0.2, 0.25) is 0 Å². The summed E-state index contributed by atoms with van der Waals surface area (Å²) in [6.45, 7) is 3.44. The Bertz CT molecular complexity index is 464. The molecule has 1 aliphatic heterocycles. The van der Waals surface area contributed by atoms with Crippen molar-refractivity contribution < 1.29 is 14.3 Å². The summed E-state index contributed by atoms with van der Waals surface area (Å²) in [5.74, 6) is 1.17. The van der Waals surface area contributed by atoms with Crippen molar-refractivity contribution in [2.24, 2.45) is 5.92 Å². The smallest absolute Gasteiger partial charge is 0.310 e. The van der Waals surface area contributed by atoms with Gasteiger partial charge in [-0.3, -0.25) is 4.79 Å². The van der Waals surface area contributed by atoms with Crippen LogP contribution in [-0.2, 0) is 9.53 Å². The first-order chi connectivity index (χ1) is 9.17.